The molecular weight excluding hydrogens is 576 g/mol. The molecule has 1 fully saturated rings. The quantitative estimate of drug-likeness (QED) is 0.102. The van der Waals surface area contributed by atoms with Crippen LogP contribution in [0, 0.1) is 0 Å². The lowest BCUT2D eigenvalue weighted by Gasteiger charge is -2.29. The summed E-state index contributed by atoms with van der Waals surface area (Å²) >= 11 is 0. The van der Waals surface area contributed by atoms with Gasteiger partial charge in [0.1, 0.15) is 12.2 Å². The molecule has 0 bridgehead atoms. The van der Waals surface area contributed by atoms with Gasteiger partial charge in [-0.05, 0) is 67.2 Å². The van der Waals surface area contributed by atoms with Gasteiger partial charge in [-0.2, -0.15) is 9.78 Å². The fourth-order valence-corrected chi connectivity index (χ4v) is 9.62. The first-order chi connectivity index (χ1) is 19.8. The van der Waals surface area contributed by atoms with Crippen LogP contribution in [0.4, 0.5) is 0 Å². The van der Waals surface area contributed by atoms with Crippen molar-refractivity contribution in [2.75, 3.05) is 52.9 Å². The zero-order valence-electron chi connectivity index (χ0n) is 26.0. The van der Waals surface area contributed by atoms with Crippen molar-refractivity contribution in [1.29, 1.82) is 0 Å². The third-order valence-corrected chi connectivity index (χ3v) is 12.5. The fourth-order valence-electron chi connectivity index (χ4n) is 4.46. The molecule has 0 aromatic carbocycles. The third-order valence-electron chi connectivity index (χ3n) is 6.15. The summed E-state index contributed by atoms with van der Waals surface area (Å²) in [5, 5.41) is 26.2. The van der Waals surface area contributed by atoms with E-state index in [2.05, 4.69) is 0 Å². The van der Waals surface area contributed by atoms with Gasteiger partial charge in [0.15, 0.2) is 0 Å². The summed E-state index contributed by atoms with van der Waals surface area (Å²) in [4.78, 5) is 10.5. The first-order valence-electron chi connectivity index (χ1n) is 15.3. The monoisotopic (exact) mass is 632 g/mol. The SMILES string of the molecule is CCO[Si](CCCOC1OOOC(OCCC[Si](OCC)(OCC)OCC)C(O)CCCCC1O)(OCC)OCC. The molecule has 0 radical (unpaired) electrons. The molecule has 0 amide bonds. The van der Waals surface area contributed by atoms with E-state index in [-0.39, 0.29) is 13.2 Å². The van der Waals surface area contributed by atoms with Crippen LogP contribution in [0.2, 0.25) is 12.1 Å². The summed E-state index contributed by atoms with van der Waals surface area (Å²) < 4.78 is 46.9. The summed E-state index contributed by atoms with van der Waals surface area (Å²) in [6.45, 7) is 14.9. The highest BCUT2D eigenvalue weighted by atomic mass is 28.4. The van der Waals surface area contributed by atoms with Crippen molar-refractivity contribution in [1.82, 2.24) is 0 Å². The van der Waals surface area contributed by atoms with Crippen LogP contribution in [0.25, 0.3) is 0 Å². The predicted octanol–water partition coefficient (Wildman–Crippen LogP) is 3.72. The molecule has 41 heavy (non-hydrogen) atoms. The Bertz CT molecular complexity index is 538. The second-order valence-corrected chi connectivity index (χ2v) is 14.8. The van der Waals surface area contributed by atoms with Crippen LogP contribution in [-0.2, 0) is 50.8 Å². The fraction of sp³-hybridized carbons (Fsp3) is 1.00. The zero-order valence-corrected chi connectivity index (χ0v) is 28.0. The average Bonchev–Trinajstić information content (AvgIpc) is 2.96. The first-order valence-corrected chi connectivity index (χ1v) is 19.1. The van der Waals surface area contributed by atoms with Crippen LogP contribution in [0.15, 0.2) is 0 Å². The molecule has 1 aliphatic heterocycles. The molecular formula is C26H56O13Si2. The highest BCUT2D eigenvalue weighted by Gasteiger charge is 2.41. The summed E-state index contributed by atoms with van der Waals surface area (Å²) in [6.07, 6.45) is -0.846. The number of aliphatic hydroxyl groups is 2. The number of rotatable bonds is 22. The maximum absolute atomic E-state index is 10.6. The Labute approximate surface area is 248 Å². The van der Waals surface area contributed by atoms with Gasteiger partial charge in [-0.3, -0.25) is 0 Å². The van der Waals surface area contributed by atoms with Gasteiger partial charge in [-0.1, -0.05) is 17.9 Å². The van der Waals surface area contributed by atoms with E-state index >= 15 is 0 Å². The van der Waals surface area contributed by atoms with Gasteiger partial charge in [0, 0.05) is 64.9 Å². The molecule has 2 N–H and O–H groups in total. The smallest absolute Gasteiger partial charge is 0.388 e. The highest BCUT2D eigenvalue weighted by Crippen LogP contribution is 2.22. The van der Waals surface area contributed by atoms with E-state index in [9.17, 15) is 10.2 Å². The molecule has 1 saturated heterocycles. The molecule has 0 aromatic rings. The Morgan fingerprint density at radius 1 is 0.561 bits per heavy atom. The summed E-state index contributed by atoms with van der Waals surface area (Å²) in [5.41, 5.74) is 0. The van der Waals surface area contributed by atoms with Crippen molar-refractivity contribution >= 4 is 17.6 Å². The van der Waals surface area contributed by atoms with Crippen molar-refractivity contribution < 1.29 is 61.1 Å². The Kier molecular flexibility index (Phi) is 22.1. The molecule has 0 spiro atoms. The second-order valence-electron chi connectivity index (χ2n) is 9.33. The molecule has 1 aliphatic rings. The van der Waals surface area contributed by atoms with Crippen LogP contribution in [0.5, 0.6) is 0 Å². The third kappa shape index (κ3) is 15.5. The van der Waals surface area contributed by atoms with E-state index in [0.717, 1.165) is 0 Å². The number of hydrogen-bond acceptors (Lipinski definition) is 13. The summed E-state index contributed by atoms with van der Waals surface area (Å²) in [5.74, 6) is 0. The van der Waals surface area contributed by atoms with Gasteiger partial charge < -0.3 is 46.2 Å². The van der Waals surface area contributed by atoms with E-state index in [1.54, 1.807) is 0 Å². The topological polar surface area (TPSA) is 142 Å². The Hall–Kier alpha value is -0.0862. The van der Waals surface area contributed by atoms with E-state index in [4.69, 9.17) is 50.8 Å². The van der Waals surface area contributed by atoms with Crippen LogP contribution in [-0.4, -0.2) is 105 Å². The minimum absolute atomic E-state index is 0.251. The maximum atomic E-state index is 10.6. The van der Waals surface area contributed by atoms with Crippen LogP contribution in [0.3, 0.4) is 0 Å². The first kappa shape index (κ1) is 38.9. The van der Waals surface area contributed by atoms with Crippen molar-refractivity contribution in [3.63, 3.8) is 0 Å². The van der Waals surface area contributed by atoms with E-state index < -0.39 is 42.4 Å². The van der Waals surface area contributed by atoms with Gasteiger partial charge in [0.2, 0.25) is 12.6 Å². The van der Waals surface area contributed by atoms with E-state index in [1.807, 2.05) is 41.5 Å². The lowest BCUT2D eigenvalue weighted by atomic mass is 10.1. The number of hydrogen-bond donors (Lipinski definition) is 2. The van der Waals surface area contributed by atoms with Crippen LogP contribution in [0.1, 0.15) is 80.1 Å². The second kappa shape index (κ2) is 23.3. The average molecular weight is 633 g/mol. The standard InChI is InChI=1S/C26H56O13Si2/c1-7-31-40(32-8-2,33-9-3)21-15-19-29-25-23(27)17-13-14-18-24(28)26(38-39-37-25)30-20-16-22-41(34-10-4,35-11-5)36-12-6/h23-28H,7-22H2,1-6H3. The molecule has 0 aliphatic carbocycles. The molecule has 1 rings (SSSR count). The molecule has 246 valence electrons. The minimum Gasteiger partial charge on any atom is -0.388 e. The van der Waals surface area contributed by atoms with Gasteiger partial charge >= 0.3 is 17.6 Å². The summed E-state index contributed by atoms with van der Waals surface area (Å²) in [6, 6.07) is 1.12. The molecule has 13 nitrogen and oxygen atoms in total. The van der Waals surface area contributed by atoms with Gasteiger partial charge in [0.05, 0.1) is 0 Å². The number of ether oxygens (including phenoxy) is 2. The van der Waals surface area contributed by atoms with Crippen LogP contribution < -0.4 is 0 Å². The molecule has 1 heterocycles. The predicted molar refractivity (Wildman–Crippen MR) is 153 cm³/mol. The molecule has 4 unspecified atom stereocenters. The van der Waals surface area contributed by atoms with Crippen LogP contribution >= 0.6 is 0 Å². The highest BCUT2D eigenvalue weighted by molar-refractivity contribution is 6.61. The van der Waals surface area contributed by atoms with E-state index in [0.29, 0.717) is 90.3 Å². The lowest BCUT2D eigenvalue weighted by molar-refractivity contribution is -0.583. The van der Waals surface area contributed by atoms with E-state index in [1.165, 1.54) is 0 Å². The van der Waals surface area contributed by atoms with Gasteiger partial charge in [-0.25, -0.2) is 0 Å². The van der Waals surface area contributed by atoms with Crippen molar-refractivity contribution in [2.24, 2.45) is 0 Å². The van der Waals surface area contributed by atoms with Crippen molar-refractivity contribution in [3.05, 3.63) is 0 Å². The Morgan fingerprint density at radius 3 is 1.17 bits per heavy atom. The summed E-state index contributed by atoms with van der Waals surface area (Å²) in [7, 11) is -5.61. The molecule has 4 atom stereocenters. The zero-order chi connectivity index (χ0) is 30.4. The van der Waals surface area contributed by atoms with Gasteiger partial charge in [-0.15, -0.1) is 0 Å². The normalized spacial score (nSPS) is 23.4. The van der Waals surface area contributed by atoms with Crippen molar-refractivity contribution in [2.45, 2.75) is 117 Å². The number of aliphatic hydroxyl groups excluding tert-OH is 2. The maximum Gasteiger partial charge on any atom is 0.501 e. The largest absolute Gasteiger partial charge is 0.501 e. The Morgan fingerprint density at radius 2 is 0.878 bits per heavy atom. The van der Waals surface area contributed by atoms with Crippen molar-refractivity contribution in [3.8, 4) is 0 Å². The van der Waals surface area contributed by atoms with Gasteiger partial charge in [0.25, 0.3) is 0 Å². The Balaban J connectivity index is 2.65. The minimum atomic E-state index is -2.80. The molecule has 0 aromatic heterocycles. The molecule has 15 heteroatoms. The lowest BCUT2D eigenvalue weighted by Crippen LogP contribution is -2.46. The molecule has 0 saturated carbocycles.